The summed E-state index contributed by atoms with van der Waals surface area (Å²) >= 11 is 0. The molecule has 1 unspecified atom stereocenters. The molecule has 12 rings (SSSR count). The molecule has 0 aliphatic carbocycles. The monoisotopic (exact) mass is 1170 g/mol. The first-order valence-corrected chi connectivity index (χ1v) is 30.2. The molecule has 15 heteroatoms. The highest BCUT2D eigenvalue weighted by atomic mass is 16.5. The Morgan fingerprint density at radius 2 is 1.23 bits per heavy atom. The van der Waals surface area contributed by atoms with E-state index in [9.17, 15) is 0 Å². The van der Waals surface area contributed by atoms with Crippen LogP contribution in [-0.4, -0.2) is 84.5 Å². The Balaban J connectivity index is 0.000000184. The van der Waals surface area contributed by atoms with Gasteiger partial charge in [0.05, 0.1) is 33.1 Å². The van der Waals surface area contributed by atoms with Crippen molar-refractivity contribution in [3.05, 3.63) is 214 Å². The number of anilines is 2. The Labute approximate surface area is 515 Å². The van der Waals surface area contributed by atoms with E-state index in [1.165, 1.54) is 69.9 Å². The second kappa shape index (κ2) is 25.9. The van der Waals surface area contributed by atoms with Gasteiger partial charge in [0.25, 0.3) is 0 Å². The number of unbranched alkanes of at least 4 members (excludes halogenated alkanes) is 1. The first-order chi connectivity index (χ1) is 42.8. The van der Waals surface area contributed by atoms with Crippen molar-refractivity contribution in [3.63, 3.8) is 0 Å². The Morgan fingerprint density at radius 3 is 1.89 bits per heavy atom. The van der Waals surface area contributed by atoms with Gasteiger partial charge in [-0.25, -0.2) is 4.98 Å². The van der Waals surface area contributed by atoms with Crippen LogP contribution in [0.1, 0.15) is 89.5 Å². The third-order valence-electron chi connectivity index (χ3n) is 17.2. The molecular formula is C73H76N12O3. The smallest absolute Gasteiger partial charge is 0.205 e. The molecule has 2 aliphatic heterocycles. The molecular weight excluding hydrogens is 1090 g/mol. The summed E-state index contributed by atoms with van der Waals surface area (Å²) in [6.07, 6.45) is 26.7. The molecule has 88 heavy (non-hydrogen) atoms. The number of methoxy groups -OCH3 is 3. The minimum atomic E-state index is -0.201. The number of nitrogens with zero attached hydrogens (tertiary/aromatic N) is 12. The molecule has 0 spiro atoms. The third kappa shape index (κ3) is 11.5. The maximum atomic E-state index is 5.72. The number of para-hydroxylation sites is 3. The lowest BCUT2D eigenvalue weighted by Gasteiger charge is -2.31. The summed E-state index contributed by atoms with van der Waals surface area (Å²) in [6.45, 7) is 18.7. The van der Waals surface area contributed by atoms with Gasteiger partial charge in [0.1, 0.15) is 34.3 Å². The third-order valence-corrected chi connectivity index (χ3v) is 17.2. The van der Waals surface area contributed by atoms with Crippen LogP contribution in [0.5, 0.6) is 17.2 Å². The molecule has 0 fully saturated rings. The lowest BCUT2D eigenvalue weighted by Crippen LogP contribution is -2.30. The lowest BCUT2D eigenvalue weighted by atomic mass is 9.83. The number of aromatic nitrogens is 10. The van der Waals surface area contributed by atoms with Crippen LogP contribution in [0.15, 0.2) is 181 Å². The van der Waals surface area contributed by atoms with Crippen LogP contribution in [0.4, 0.5) is 11.4 Å². The van der Waals surface area contributed by atoms with Crippen LogP contribution >= 0.6 is 0 Å². The summed E-state index contributed by atoms with van der Waals surface area (Å²) in [5, 5.41) is 29.9. The second-order valence-electron chi connectivity index (χ2n) is 22.9. The molecule has 446 valence electrons. The zero-order valence-corrected chi connectivity index (χ0v) is 52.4. The summed E-state index contributed by atoms with van der Waals surface area (Å²) < 4.78 is 20.5. The Hall–Kier alpha value is -10.0. The molecule has 1 atom stereocenters. The van der Waals surface area contributed by atoms with Gasteiger partial charge < -0.3 is 24.0 Å². The van der Waals surface area contributed by atoms with Crippen LogP contribution in [0, 0.1) is 19.8 Å². The summed E-state index contributed by atoms with van der Waals surface area (Å²) in [4.78, 5) is 13.4. The largest absolute Gasteiger partial charge is 0.497 e. The number of allylic oxidation sites excluding steroid dienone is 10. The fraction of sp³-hybridized carbons (Fsp3) is 0.260. The highest BCUT2D eigenvalue weighted by molar-refractivity contribution is 5.91. The van der Waals surface area contributed by atoms with Crippen molar-refractivity contribution in [2.24, 2.45) is 5.92 Å². The van der Waals surface area contributed by atoms with Crippen molar-refractivity contribution in [2.75, 3.05) is 44.7 Å². The van der Waals surface area contributed by atoms with E-state index in [0.717, 1.165) is 74.3 Å². The van der Waals surface area contributed by atoms with E-state index in [1.54, 1.807) is 44.4 Å². The number of benzene rings is 5. The fourth-order valence-corrected chi connectivity index (χ4v) is 12.1. The van der Waals surface area contributed by atoms with Crippen molar-refractivity contribution in [1.29, 1.82) is 0 Å². The number of ether oxygens (including phenoxy) is 3. The molecule has 0 radical (unpaired) electrons. The number of hydrogen-bond acceptors (Lipinski definition) is 13. The SMILES string of the molecule is CCCCC(CC)CN1/C(=C/C=C/C=c2/c(-c3ccccc3OC)nn3c(-c4cnccn4)nnc23)C(C)(C)c2cc(OC)ccc21.COc1ccccc1-c1nnc2/c(=C\C=C\C=C3C(C)=C(C)N(C)c4ccccc43)c(-c3ccc(C)cc3C)nn12. The van der Waals surface area contributed by atoms with Crippen LogP contribution in [0.3, 0.4) is 0 Å². The maximum Gasteiger partial charge on any atom is 0.205 e. The summed E-state index contributed by atoms with van der Waals surface area (Å²) in [5.74, 6) is 4.13. The van der Waals surface area contributed by atoms with Gasteiger partial charge in [-0.1, -0.05) is 144 Å². The van der Waals surface area contributed by atoms with Crippen LogP contribution in [0.25, 0.3) is 74.4 Å². The number of rotatable bonds is 17. The summed E-state index contributed by atoms with van der Waals surface area (Å²) in [7, 11) is 7.19. The minimum Gasteiger partial charge on any atom is -0.497 e. The molecule has 5 aromatic heterocycles. The second-order valence-corrected chi connectivity index (χ2v) is 22.9. The quantitative estimate of drug-likeness (QED) is 0.0853. The molecule has 0 saturated carbocycles. The van der Waals surface area contributed by atoms with Gasteiger partial charge in [-0.3, -0.25) is 4.98 Å². The Bertz CT molecular complexity index is 4470. The zero-order chi connectivity index (χ0) is 61.6. The van der Waals surface area contributed by atoms with Crippen molar-refractivity contribution in [1.82, 2.24) is 49.6 Å². The number of fused-ring (bicyclic) bond motifs is 4. The summed E-state index contributed by atoms with van der Waals surface area (Å²) in [6, 6.07) is 37.1. The standard InChI is InChI=1S/C38H43N7O2.C35H33N5O/c1-7-9-14-26(8-2)25-44-32-20-19-27(46-5)23-30(32)38(3,4)34(44)18-13-11-16-29-35(28-15-10-12-17-33(28)47-6)43-45-36(29)41-42-37(45)31-24-39-21-22-40-31;1-22-19-20-26(23(2)21-22)33-30(35-37-36-34(40(35)38-33)29-15-10-12-18-32(29)41-6)16-8-7-13-27-24(3)25(4)39(5)31-17-11-9-14-28(27)31/h10-13,15-24,26H,7-9,14,25H2,1-6H3;7-21H,1-6H3/b13-11+,29-16-,34-18+;8-7+,27-13?,30-16-. The Morgan fingerprint density at radius 1 is 0.602 bits per heavy atom. The molecule has 0 saturated heterocycles. The van der Waals surface area contributed by atoms with E-state index >= 15 is 0 Å². The average Bonchev–Trinajstić information content (AvgIpc) is 3.58. The topological polar surface area (TPSA) is 146 Å². The van der Waals surface area contributed by atoms with Crippen LogP contribution in [-0.2, 0) is 5.41 Å². The molecule has 0 amide bonds. The lowest BCUT2D eigenvalue weighted by molar-refractivity contribution is 0.413. The fourth-order valence-electron chi connectivity index (χ4n) is 12.1. The van der Waals surface area contributed by atoms with E-state index in [2.05, 4.69) is 212 Å². The highest BCUT2D eigenvalue weighted by Crippen LogP contribution is 2.50. The molecule has 2 aliphatic rings. The molecule has 7 heterocycles. The van der Waals surface area contributed by atoms with Gasteiger partial charge in [0, 0.05) is 81.3 Å². The van der Waals surface area contributed by atoms with Crippen molar-refractivity contribution in [3.8, 4) is 62.7 Å². The van der Waals surface area contributed by atoms with Crippen LogP contribution in [0.2, 0.25) is 0 Å². The van der Waals surface area contributed by atoms with Gasteiger partial charge in [0.15, 0.2) is 17.1 Å². The number of aryl methyl sites for hydroxylation is 2. The first kappa shape index (κ1) is 59.7. The molecule has 15 nitrogen and oxygen atoms in total. The van der Waals surface area contributed by atoms with E-state index in [1.807, 2.05) is 53.0 Å². The summed E-state index contributed by atoms with van der Waals surface area (Å²) in [5.41, 5.74) is 18.5. The van der Waals surface area contributed by atoms with Crippen molar-refractivity contribution in [2.45, 2.75) is 86.5 Å². The van der Waals surface area contributed by atoms with E-state index in [-0.39, 0.29) is 5.41 Å². The van der Waals surface area contributed by atoms with Gasteiger partial charge in [0.2, 0.25) is 5.82 Å². The predicted octanol–water partition coefficient (Wildman–Crippen LogP) is 14.2. The van der Waals surface area contributed by atoms with Gasteiger partial charge in [-0.15, -0.1) is 20.4 Å². The van der Waals surface area contributed by atoms with Gasteiger partial charge in [-0.2, -0.15) is 19.2 Å². The molecule has 0 N–H and O–H groups in total. The predicted molar refractivity (Wildman–Crippen MR) is 355 cm³/mol. The molecule has 0 bridgehead atoms. The molecule has 10 aromatic rings. The minimum absolute atomic E-state index is 0.201. The van der Waals surface area contributed by atoms with Gasteiger partial charge >= 0.3 is 0 Å². The van der Waals surface area contributed by atoms with E-state index in [4.69, 9.17) is 24.4 Å². The molecule has 5 aromatic carbocycles. The number of hydrogen-bond donors (Lipinski definition) is 0. The van der Waals surface area contributed by atoms with E-state index < -0.39 is 0 Å². The normalized spacial score (nSPS) is 15.5. The van der Waals surface area contributed by atoms with Crippen LogP contribution < -0.4 is 34.4 Å². The average molecular weight is 1170 g/mol. The van der Waals surface area contributed by atoms with Gasteiger partial charge in [-0.05, 0) is 129 Å². The zero-order valence-electron chi connectivity index (χ0n) is 52.4. The van der Waals surface area contributed by atoms with Crippen molar-refractivity contribution >= 4 is 40.4 Å². The van der Waals surface area contributed by atoms with Crippen molar-refractivity contribution < 1.29 is 14.2 Å². The Kier molecular flexibility index (Phi) is 17.6. The maximum absolute atomic E-state index is 5.72. The first-order valence-electron chi connectivity index (χ1n) is 30.2. The highest BCUT2D eigenvalue weighted by Gasteiger charge is 2.41. The van der Waals surface area contributed by atoms with E-state index in [0.29, 0.717) is 34.6 Å².